The lowest BCUT2D eigenvalue weighted by atomic mass is 10.2. The lowest BCUT2D eigenvalue weighted by Crippen LogP contribution is -2.29. The van der Waals surface area contributed by atoms with E-state index in [1.165, 1.54) is 16.9 Å². The van der Waals surface area contributed by atoms with Crippen molar-refractivity contribution in [3.8, 4) is 0 Å². The molecule has 5 heteroatoms. The number of aryl methyl sites for hydroxylation is 1. The lowest BCUT2D eigenvalue weighted by molar-refractivity contribution is -0.115. The van der Waals surface area contributed by atoms with Crippen molar-refractivity contribution in [1.29, 1.82) is 0 Å². The third-order valence-corrected chi connectivity index (χ3v) is 4.34. The first-order chi connectivity index (χ1) is 9.54. The van der Waals surface area contributed by atoms with Crippen LogP contribution in [0.2, 0.25) is 4.34 Å². The molecule has 1 aromatic carbocycles. The van der Waals surface area contributed by atoms with Crippen molar-refractivity contribution in [2.45, 2.75) is 19.9 Å². The predicted molar refractivity (Wildman–Crippen MR) is 85.6 cm³/mol. The number of rotatable bonds is 5. The molecule has 1 aromatic heterocycles. The summed E-state index contributed by atoms with van der Waals surface area (Å²) in [6.07, 6.45) is 0. The molecular formula is C15H17ClN2OS. The third-order valence-electron chi connectivity index (χ3n) is 2.92. The van der Waals surface area contributed by atoms with Crippen LogP contribution in [0.3, 0.4) is 0 Å². The summed E-state index contributed by atoms with van der Waals surface area (Å²) in [5, 5.41) is 6.04. The zero-order valence-corrected chi connectivity index (χ0v) is 13.0. The fourth-order valence-electron chi connectivity index (χ4n) is 1.75. The molecular weight excluding hydrogens is 292 g/mol. The average Bonchev–Trinajstić information content (AvgIpc) is 2.85. The zero-order chi connectivity index (χ0) is 14.5. The van der Waals surface area contributed by atoms with E-state index in [9.17, 15) is 4.79 Å². The van der Waals surface area contributed by atoms with Crippen LogP contribution in [-0.4, -0.2) is 12.5 Å². The van der Waals surface area contributed by atoms with Crippen molar-refractivity contribution in [3.05, 3.63) is 51.2 Å². The Labute approximate surface area is 128 Å². The third kappa shape index (κ3) is 4.34. The van der Waals surface area contributed by atoms with Gasteiger partial charge in [0.15, 0.2) is 0 Å². The smallest absolute Gasteiger partial charge is 0.238 e. The van der Waals surface area contributed by atoms with E-state index >= 15 is 0 Å². The second kappa shape index (κ2) is 6.88. The number of hydrogen-bond donors (Lipinski definition) is 2. The summed E-state index contributed by atoms with van der Waals surface area (Å²) < 4.78 is 0.762. The van der Waals surface area contributed by atoms with Crippen molar-refractivity contribution in [2.24, 2.45) is 0 Å². The molecule has 2 rings (SSSR count). The van der Waals surface area contributed by atoms with E-state index in [2.05, 4.69) is 10.6 Å². The molecule has 1 heterocycles. The number of halogens is 1. The number of carbonyl (C=O) groups excluding carboxylic acids is 1. The normalized spacial score (nSPS) is 12.2. The summed E-state index contributed by atoms with van der Waals surface area (Å²) in [6.45, 7) is 4.30. The molecule has 2 N–H and O–H groups in total. The van der Waals surface area contributed by atoms with E-state index in [1.807, 2.05) is 50.2 Å². The van der Waals surface area contributed by atoms with Crippen molar-refractivity contribution in [2.75, 3.05) is 11.9 Å². The number of nitrogens with one attached hydrogen (secondary N) is 2. The molecule has 1 unspecified atom stereocenters. The molecule has 0 fully saturated rings. The summed E-state index contributed by atoms with van der Waals surface area (Å²) in [7, 11) is 0. The Morgan fingerprint density at radius 2 is 1.95 bits per heavy atom. The molecule has 0 radical (unpaired) electrons. The fraction of sp³-hybridized carbons (Fsp3) is 0.267. The molecule has 0 spiro atoms. The van der Waals surface area contributed by atoms with Crippen LogP contribution >= 0.6 is 22.9 Å². The van der Waals surface area contributed by atoms with Gasteiger partial charge in [-0.2, -0.15) is 0 Å². The molecule has 0 aliphatic rings. The minimum Gasteiger partial charge on any atom is -0.325 e. The summed E-state index contributed by atoms with van der Waals surface area (Å²) >= 11 is 7.42. The van der Waals surface area contributed by atoms with E-state index in [0.29, 0.717) is 0 Å². The van der Waals surface area contributed by atoms with Gasteiger partial charge >= 0.3 is 0 Å². The van der Waals surface area contributed by atoms with Crippen LogP contribution < -0.4 is 10.6 Å². The van der Waals surface area contributed by atoms with Gasteiger partial charge in [-0.15, -0.1) is 11.3 Å². The maximum atomic E-state index is 11.8. The first-order valence-corrected chi connectivity index (χ1v) is 7.59. The van der Waals surface area contributed by atoms with Gasteiger partial charge in [0, 0.05) is 16.6 Å². The number of thiophene rings is 1. The van der Waals surface area contributed by atoms with E-state index in [4.69, 9.17) is 11.6 Å². The van der Waals surface area contributed by atoms with Gasteiger partial charge in [-0.05, 0) is 38.1 Å². The van der Waals surface area contributed by atoms with Crippen molar-refractivity contribution in [3.63, 3.8) is 0 Å². The van der Waals surface area contributed by atoms with Crippen LogP contribution in [0.5, 0.6) is 0 Å². The molecule has 106 valence electrons. The number of hydrogen-bond acceptors (Lipinski definition) is 3. The molecule has 20 heavy (non-hydrogen) atoms. The summed E-state index contributed by atoms with van der Waals surface area (Å²) in [5.74, 6) is -0.0524. The molecule has 1 amide bonds. The molecule has 0 aliphatic heterocycles. The van der Waals surface area contributed by atoms with E-state index in [-0.39, 0.29) is 18.5 Å². The van der Waals surface area contributed by atoms with Crippen LogP contribution in [0.15, 0.2) is 36.4 Å². The Balaban J connectivity index is 1.81. The summed E-state index contributed by atoms with van der Waals surface area (Å²) in [4.78, 5) is 13.0. The predicted octanol–water partition coefficient (Wildman–Crippen LogP) is 4.00. The Morgan fingerprint density at radius 1 is 1.25 bits per heavy atom. The van der Waals surface area contributed by atoms with Gasteiger partial charge in [0.05, 0.1) is 10.9 Å². The maximum absolute atomic E-state index is 11.8. The second-order valence-electron chi connectivity index (χ2n) is 4.66. The highest BCUT2D eigenvalue weighted by Gasteiger charge is 2.10. The Hall–Kier alpha value is -1.36. The van der Waals surface area contributed by atoms with Gasteiger partial charge < -0.3 is 10.6 Å². The number of carbonyl (C=O) groups is 1. The van der Waals surface area contributed by atoms with Gasteiger partial charge in [0.2, 0.25) is 5.91 Å². The molecule has 0 aliphatic carbocycles. The Bertz CT molecular complexity index is 580. The topological polar surface area (TPSA) is 41.1 Å². The quantitative estimate of drug-likeness (QED) is 0.876. The second-order valence-corrected chi connectivity index (χ2v) is 6.41. The van der Waals surface area contributed by atoms with Gasteiger partial charge in [0.25, 0.3) is 0 Å². The minimum absolute atomic E-state index is 0.0524. The van der Waals surface area contributed by atoms with E-state index in [1.54, 1.807) is 0 Å². The van der Waals surface area contributed by atoms with Crippen LogP contribution in [0.4, 0.5) is 5.69 Å². The molecule has 0 saturated carbocycles. The standard InChI is InChI=1S/C15H17ClN2OS/c1-10-3-5-12(6-4-10)18-15(19)9-17-11(2)13-7-8-14(16)20-13/h3-8,11,17H,9H2,1-2H3,(H,18,19). The van der Waals surface area contributed by atoms with E-state index < -0.39 is 0 Å². The molecule has 0 bridgehead atoms. The van der Waals surface area contributed by atoms with E-state index in [0.717, 1.165) is 14.9 Å². The molecule has 3 nitrogen and oxygen atoms in total. The van der Waals surface area contributed by atoms with Crippen molar-refractivity contribution in [1.82, 2.24) is 5.32 Å². The highest BCUT2D eigenvalue weighted by molar-refractivity contribution is 7.16. The lowest BCUT2D eigenvalue weighted by Gasteiger charge is -2.12. The summed E-state index contributed by atoms with van der Waals surface area (Å²) in [6, 6.07) is 11.7. The van der Waals surface area contributed by atoms with Crippen molar-refractivity contribution < 1.29 is 4.79 Å². The van der Waals surface area contributed by atoms with Crippen LogP contribution in [0, 0.1) is 6.92 Å². The molecule has 1 atom stereocenters. The van der Waals surface area contributed by atoms with Gasteiger partial charge in [-0.1, -0.05) is 29.3 Å². The first kappa shape index (κ1) is 15.0. The average molecular weight is 309 g/mol. The van der Waals surface area contributed by atoms with Crippen LogP contribution in [0.1, 0.15) is 23.4 Å². The maximum Gasteiger partial charge on any atom is 0.238 e. The SMILES string of the molecule is Cc1ccc(NC(=O)CNC(C)c2ccc(Cl)s2)cc1. The summed E-state index contributed by atoms with van der Waals surface area (Å²) in [5.41, 5.74) is 1.98. The van der Waals surface area contributed by atoms with Crippen LogP contribution in [0.25, 0.3) is 0 Å². The molecule has 2 aromatic rings. The highest BCUT2D eigenvalue weighted by Crippen LogP contribution is 2.26. The molecule has 0 saturated heterocycles. The Morgan fingerprint density at radius 3 is 2.55 bits per heavy atom. The first-order valence-electron chi connectivity index (χ1n) is 6.40. The minimum atomic E-state index is -0.0524. The number of benzene rings is 1. The fourth-order valence-corrected chi connectivity index (χ4v) is 2.84. The van der Waals surface area contributed by atoms with Crippen LogP contribution in [-0.2, 0) is 4.79 Å². The highest BCUT2D eigenvalue weighted by atomic mass is 35.5. The van der Waals surface area contributed by atoms with Gasteiger partial charge in [0.1, 0.15) is 0 Å². The van der Waals surface area contributed by atoms with Crippen molar-refractivity contribution >= 4 is 34.5 Å². The van der Waals surface area contributed by atoms with Gasteiger partial charge in [-0.25, -0.2) is 0 Å². The monoisotopic (exact) mass is 308 g/mol. The number of amides is 1. The largest absolute Gasteiger partial charge is 0.325 e. The number of anilines is 1. The van der Waals surface area contributed by atoms with Gasteiger partial charge in [-0.3, -0.25) is 4.79 Å². The Kier molecular flexibility index (Phi) is 5.17. The zero-order valence-electron chi connectivity index (χ0n) is 11.4.